The van der Waals surface area contributed by atoms with E-state index in [0.717, 1.165) is 70.0 Å². The van der Waals surface area contributed by atoms with Gasteiger partial charge >= 0.3 is 8.80 Å². The van der Waals surface area contributed by atoms with Crippen LogP contribution in [0.3, 0.4) is 0 Å². The second kappa shape index (κ2) is 13.0. The Labute approximate surface area is 193 Å². The Kier molecular flexibility index (Phi) is 9.83. The summed E-state index contributed by atoms with van der Waals surface area (Å²) in [6, 6.07) is 10.5. The average molecular weight is 467 g/mol. The number of ether oxygens (including phenoxy) is 4. The predicted octanol–water partition coefficient (Wildman–Crippen LogP) is 5.02. The van der Waals surface area contributed by atoms with Crippen molar-refractivity contribution < 1.29 is 32.2 Å². The van der Waals surface area contributed by atoms with Gasteiger partial charge in [0.25, 0.3) is 0 Å². The zero-order valence-corrected chi connectivity index (χ0v) is 20.1. The van der Waals surface area contributed by atoms with Crippen LogP contribution >= 0.6 is 0 Å². The molecule has 32 heavy (non-hydrogen) atoms. The van der Waals surface area contributed by atoms with Gasteiger partial charge in [-0.15, -0.1) is 0 Å². The molecule has 0 aliphatic carbocycles. The summed E-state index contributed by atoms with van der Waals surface area (Å²) >= 11 is 0. The molecule has 3 atom stereocenters. The van der Waals surface area contributed by atoms with Crippen molar-refractivity contribution >= 4 is 8.80 Å². The third-order valence-corrected chi connectivity index (χ3v) is 8.82. The van der Waals surface area contributed by atoms with E-state index in [1.54, 1.807) is 0 Å². The van der Waals surface area contributed by atoms with Crippen LogP contribution in [0.4, 0.5) is 0 Å². The van der Waals surface area contributed by atoms with Crippen molar-refractivity contribution in [2.75, 3.05) is 26.4 Å². The number of hydrogen-bond donors (Lipinski definition) is 0. The first-order chi connectivity index (χ1) is 15.8. The van der Waals surface area contributed by atoms with Gasteiger partial charge in [-0.25, -0.2) is 0 Å². The minimum Gasteiger partial charge on any atom is -0.494 e. The van der Waals surface area contributed by atoms with Crippen molar-refractivity contribution in [1.82, 2.24) is 0 Å². The SMILES string of the molecule is c1ccc(OCCC[Si](OC2CCCCO2)(OC2CCCCO2)OC2CCCCO2)cc1. The van der Waals surface area contributed by atoms with E-state index in [4.69, 9.17) is 32.2 Å². The summed E-state index contributed by atoms with van der Waals surface area (Å²) in [7, 11) is -3.15. The third kappa shape index (κ3) is 7.80. The van der Waals surface area contributed by atoms with Gasteiger partial charge in [-0.05, 0) is 76.3 Å². The highest BCUT2D eigenvalue weighted by Gasteiger charge is 2.48. The van der Waals surface area contributed by atoms with E-state index in [1.165, 1.54) is 0 Å². The molecule has 0 radical (unpaired) electrons. The highest BCUT2D eigenvalue weighted by molar-refractivity contribution is 6.60. The van der Waals surface area contributed by atoms with E-state index in [2.05, 4.69) is 0 Å². The summed E-state index contributed by atoms with van der Waals surface area (Å²) in [5.74, 6) is 0.865. The molecule has 0 bridgehead atoms. The first-order valence-corrected chi connectivity index (χ1v) is 14.3. The summed E-state index contributed by atoms with van der Waals surface area (Å²) in [6.07, 6.45) is 8.93. The van der Waals surface area contributed by atoms with Crippen LogP contribution in [0, 0.1) is 0 Å². The summed E-state index contributed by atoms with van der Waals surface area (Å²) in [4.78, 5) is 0. The molecule has 0 amide bonds. The van der Waals surface area contributed by atoms with Crippen LogP contribution in [0.15, 0.2) is 30.3 Å². The fourth-order valence-corrected chi connectivity index (χ4v) is 7.13. The van der Waals surface area contributed by atoms with Crippen LogP contribution in [0.2, 0.25) is 6.04 Å². The molecule has 3 aliphatic heterocycles. The van der Waals surface area contributed by atoms with E-state index >= 15 is 0 Å². The lowest BCUT2D eigenvalue weighted by molar-refractivity contribution is -0.207. The van der Waals surface area contributed by atoms with Gasteiger partial charge in [-0.1, -0.05) is 18.2 Å². The van der Waals surface area contributed by atoms with Crippen molar-refractivity contribution in [3.05, 3.63) is 30.3 Å². The molecule has 3 aliphatic rings. The van der Waals surface area contributed by atoms with Gasteiger partial charge < -0.3 is 32.2 Å². The van der Waals surface area contributed by atoms with Gasteiger partial charge in [0.15, 0.2) is 18.9 Å². The molecule has 0 spiro atoms. The molecule has 0 saturated carbocycles. The van der Waals surface area contributed by atoms with Crippen molar-refractivity contribution in [2.24, 2.45) is 0 Å². The summed E-state index contributed by atoms with van der Waals surface area (Å²) in [5, 5.41) is 0. The maximum absolute atomic E-state index is 6.59. The Hall–Kier alpha value is -1.00. The molecule has 4 rings (SSSR count). The fraction of sp³-hybridized carbons (Fsp3) is 0.750. The first kappa shape index (κ1) is 24.1. The minimum atomic E-state index is -3.15. The molecule has 3 saturated heterocycles. The Balaban J connectivity index is 1.44. The summed E-state index contributed by atoms with van der Waals surface area (Å²) in [6.45, 7) is 2.71. The zero-order chi connectivity index (χ0) is 21.9. The van der Waals surface area contributed by atoms with Gasteiger partial charge in [0.05, 0.1) is 6.61 Å². The maximum Gasteiger partial charge on any atom is 0.506 e. The Morgan fingerprint density at radius 3 is 1.62 bits per heavy atom. The van der Waals surface area contributed by atoms with Crippen LogP contribution in [0.1, 0.15) is 64.2 Å². The third-order valence-electron chi connectivity index (χ3n) is 5.99. The predicted molar refractivity (Wildman–Crippen MR) is 121 cm³/mol. The van der Waals surface area contributed by atoms with Crippen LogP contribution in [-0.2, 0) is 27.5 Å². The highest BCUT2D eigenvalue weighted by Crippen LogP contribution is 2.31. The topological polar surface area (TPSA) is 64.6 Å². The number of benzene rings is 1. The molecule has 3 unspecified atom stereocenters. The fourth-order valence-electron chi connectivity index (χ4n) is 4.27. The van der Waals surface area contributed by atoms with Crippen molar-refractivity contribution in [3.63, 3.8) is 0 Å². The zero-order valence-electron chi connectivity index (χ0n) is 19.1. The van der Waals surface area contributed by atoms with E-state index in [0.29, 0.717) is 32.5 Å². The molecule has 180 valence electrons. The van der Waals surface area contributed by atoms with Gasteiger partial charge in [0.2, 0.25) is 0 Å². The van der Waals surface area contributed by atoms with Crippen LogP contribution in [-0.4, -0.2) is 54.1 Å². The van der Waals surface area contributed by atoms with Crippen LogP contribution in [0.25, 0.3) is 0 Å². The molecule has 1 aromatic carbocycles. The average Bonchev–Trinajstić information content (AvgIpc) is 2.84. The lowest BCUT2D eigenvalue weighted by Gasteiger charge is -2.40. The molecule has 0 aromatic heterocycles. The lowest BCUT2D eigenvalue weighted by atomic mass is 10.2. The van der Waals surface area contributed by atoms with E-state index in [-0.39, 0.29) is 18.9 Å². The van der Waals surface area contributed by atoms with Gasteiger partial charge in [0, 0.05) is 25.9 Å². The van der Waals surface area contributed by atoms with E-state index < -0.39 is 8.80 Å². The normalized spacial score (nSPS) is 28.7. The number of rotatable bonds is 11. The molecule has 7 nitrogen and oxygen atoms in total. The van der Waals surface area contributed by atoms with Gasteiger partial charge in [-0.2, -0.15) is 0 Å². The van der Waals surface area contributed by atoms with E-state index in [1.807, 2.05) is 30.3 Å². The first-order valence-electron chi connectivity index (χ1n) is 12.4. The standard InChI is InChI=1S/C24H38O7Si/c1-2-11-21(12-3-1)25-19-10-20-32(29-22-13-4-7-16-26-22,30-23-14-5-8-17-27-23)31-24-15-6-9-18-28-24/h1-3,11-12,22-24H,4-10,13-20H2. The van der Waals surface area contributed by atoms with Crippen LogP contribution < -0.4 is 4.74 Å². The van der Waals surface area contributed by atoms with Crippen molar-refractivity contribution in [2.45, 2.75) is 89.1 Å². The Bertz CT molecular complexity index is 578. The Morgan fingerprint density at radius 2 is 1.19 bits per heavy atom. The molecular weight excluding hydrogens is 428 g/mol. The molecule has 3 heterocycles. The summed E-state index contributed by atoms with van der Waals surface area (Å²) in [5.41, 5.74) is 0. The Morgan fingerprint density at radius 1 is 0.688 bits per heavy atom. The van der Waals surface area contributed by atoms with Crippen LogP contribution in [0.5, 0.6) is 5.75 Å². The molecule has 1 aromatic rings. The van der Waals surface area contributed by atoms with Crippen molar-refractivity contribution in [1.29, 1.82) is 0 Å². The lowest BCUT2D eigenvalue weighted by Crippen LogP contribution is -2.55. The molecule has 0 N–H and O–H groups in total. The van der Waals surface area contributed by atoms with Gasteiger partial charge in [-0.3, -0.25) is 0 Å². The number of para-hydroxylation sites is 1. The molecule has 8 heteroatoms. The smallest absolute Gasteiger partial charge is 0.494 e. The molecule has 3 fully saturated rings. The molecular formula is C24H38O7Si. The minimum absolute atomic E-state index is 0.294. The maximum atomic E-state index is 6.59. The second-order valence-corrected chi connectivity index (χ2v) is 11.3. The summed E-state index contributed by atoms with van der Waals surface area (Å²) < 4.78 is 43.5. The van der Waals surface area contributed by atoms with Crippen molar-refractivity contribution in [3.8, 4) is 5.75 Å². The van der Waals surface area contributed by atoms with Gasteiger partial charge in [0.1, 0.15) is 5.75 Å². The second-order valence-electron chi connectivity index (χ2n) is 8.69. The highest BCUT2D eigenvalue weighted by atomic mass is 28.4. The van der Waals surface area contributed by atoms with E-state index in [9.17, 15) is 0 Å². The number of hydrogen-bond acceptors (Lipinski definition) is 7. The monoisotopic (exact) mass is 466 g/mol. The largest absolute Gasteiger partial charge is 0.506 e. The quantitative estimate of drug-likeness (QED) is 0.335.